The van der Waals surface area contributed by atoms with Crippen molar-refractivity contribution >= 4 is 5.91 Å². The second-order valence-electron chi connectivity index (χ2n) is 4.22. The van der Waals surface area contributed by atoms with Gasteiger partial charge in [-0.2, -0.15) is 0 Å². The number of amides is 1. The maximum absolute atomic E-state index is 11.8. The van der Waals surface area contributed by atoms with Crippen LogP contribution in [0.2, 0.25) is 0 Å². The number of benzene rings is 1. The first-order chi connectivity index (χ1) is 8.65. The van der Waals surface area contributed by atoms with Gasteiger partial charge in [0.25, 0.3) is 0 Å². The van der Waals surface area contributed by atoms with Crippen LogP contribution >= 0.6 is 0 Å². The van der Waals surface area contributed by atoms with Gasteiger partial charge in [0.2, 0.25) is 5.91 Å². The lowest BCUT2D eigenvalue weighted by Gasteiger charge is -2.18. The highest BCUT2D eigenvalue weighted by Crippen LogP contribution is 2.09. The molecule has 0 saturated carbocycles. The molecule has 0 aliphatic carbocycles. The third-order valence-corrected chi connectivity index (χ3v) is 2.75. The predicted octanol–water partition coefficient (Wildman–Crippen LogP) is 1.62. The van der Waals surface area contributed by atoms with Crippen LogP contribution in [0.25, 0.3) is 0 Å². The molecule has 0 saturated heterocycles. The van der Waals surface area contributed by atoms with E-state index in [0.29, 0.717) is 19.8 Å². The molecule has 0 radical (unpaired) electrons. The summed E-state index contributed by atoms with van der Waals surface area (Å²) < 4.78 is 10.1. The molecule has 0 fully saturated rings. The average molecular weight is 251 g/mol. The molecule has 4 heteroatoms. The lowest BCUT2D eigenvalue weighted by Crippen LogP contribution is -2.30. The molecule has 0 N–H and O–H groups in total. The summed E-state index contributed by atoms with van der Waals surface area (Å²) in [4.78, 5) is 13.5. The van der Waals surface area contributed by atoms with Crippen molar-refractivity contribution in [3.63, 3.8) is 0 Å². The first-order valence-electron chi connectivity index (χ1n) is 6.00. The molecule has 1 aromatic rings. The summed E-state index contributed by atoms with van der Waals surface area (Å²) in [7, 11) is 3.39. The Hall–Kier alpha value is -1.39. The minimum Gasteiger partial charge on any atom is -0.382 e. The number of carbonyl (C=O) groups is 1. The van der Waals surface area contributed by atoms with Crippen LogP contribution in [0.4, 0.5) is 0 Å². The van der Waals surface area contributed by atoms with Crippen molar-refractivity contribution in [3.05, 3.63) is 35.4 Å². The standard InChI is InChI=1S/C14H21NO3/c1-12-6-4-5-7-13(12)10-15(2)14(16)11-18-9-8-17-3/h4-7H,8-11H2,1-3H3. The summed E-state index contributed by atoms with van der Waals surface area (Å²) in [6.07, 6.45) is 0. The molecule has 4 nitrogen and oxygen atoms in total. The SMILES string of the molecule is COCCOCC(=O)N(C)Cc1ccccc1C. The maximum atomic E-state index is 11.8. The Morgan fingerprint density at radius 2 is 2.00 bits per heavy atom. The highest BCUT2D eigenvalue weighted by atomic mass is 16.5. The highest BCUT2D eigenvalue weighted by molar-refractivity contribution is 5.77. The monoisotopic (exact) mass is 251 g/mol. The van der Waals surface area contributed by atoms with Crippen molar-refractivity contribution in [1.82, 2.24) is 4.90 Å². The third-order valence-electron chi connectivity index (χ3n) is 2.75. The molecular weight excluding hydrogens is 230 g/mol. The number of likely N-dealkylation sites (N-methyl/N-ethyl adjacent to an activating group) is 1. The van der Waals surface area contributed by atoms with Gasteiger partial charge < -0.3 is 14.4 Å². The lowest BCUT2D eigenvalue weighted by molar-refractivity contribution is -0.135. The van der Waals surface area contributed by atoms with E-state index in [-0.39, 0.29) is 12.5 Å². The number of methoxy groups -OCH3 is 1. The first kappa shape index (κ1) is 14.7. The molecule has 1 rings (SSSR count). The second-order valence-corrected chi connectivity index (χ2v) is 4.22. The fourth-order valence-electron chi connectivity index (χ4n) is 1.54. The van der Waals surface area contributed by atoms with Crippen LogP contribution in [-0.4, -0.2) is 44.8 Å². The van der Waals surface area contributed by atoms with Crippen molar-refractivity contribution in [2.75, 3.05) is 34.0 Å². The zero-order chi connectivity index (χ0) is 13.4. The summed E-state index contributed by atoms with van der Waals surface area (Å²) in [5, 5.41) is 0. The van der Waals surface area contributed by atoms with Crippen LogP contribution in [-0.2, 0) is 20.8 Å². The molecule has 0 atom stereocenters. The first-order valence-corrected chi connectivity index (χ1v) is 6.00. The van der Waals surface area contributed by atoms with E-state index in [1.807, 2.05) is 31.2 Å². The van der Waals surface area contributed by atoms with E-state index in [0.717, 1.165) is 5.56 Å². The lowest BCUT2D eigenvalue weighted by atomic mass is 10.1. The maximum Gasteiger partial charge on any atom is 0.248 e. The largest absolute Gasteiger partial charge is 0.382 e. The Labute approximate surface area is 108 Å². The van der Waals surface area contributed by atoms with Crippen molar-refractivity contribution in [3.8, 4) is 0 Å². The minimum atomic E-state index is -0.0191. The molecule has 0 aromatic heterocycles. The van der Waals surface area contributed by atoms with Crippen LogP contribution in [0.15, 0.2) is 24.3 Å². The van der Waals surface area contributed by atoms with E-state index in [9.17, 15) is 4.79 Å². The van der Waals surface area contributed by atoms with Gasteiger partial charge in [-0.15, -0.1) is 0 Å². The molecular formula is C14H21NO3. The number of aryl methyl sites for hydroxylation is 1. The molecule has 1 aromatic carbocycles. The van der Waals surface area contributed by atoms with E-state index in [1.54, 1.807) is 19.1 Å². The summed E-state index contributed by atoms with van der Waals surface area (Å²) in [6.45, 7) is 3.71. The molecule has 1 amide bonds. The van der Waals surface area contributed by atoms with Crippen LogP contribution in [0.5, 0.6) is 0 Å². The molecule has 18 heavy (non-hydrogen) atoms. The smallest absolute Gasteiger partial charge is 0.248 e. The molecule has 0 unspecified atom stereocenters. The Bertz CT molecular complexity index is 379. The van der Waals surface area contributed by atoms with E-state index < -0.39 is 0 Å². The van der Waals surface area contributed by atoms with E-state index >= 15 is 0 Å². The third kappa shape index (κ3) is 4.85. The van der Waals surface area contributed by atoms with Gasteiger partial charge in [0, 0.05) is 20.7 Å². The number of hydrogen-bond acceptors (Lipinski definition) is 3. The van der Waals surface area contributed by atoms with Crippen LogP contribution in [0, 0.1) is 6.92 Å². The summed E-state index contributed by atoms with van der Waals surface area (Å²) >= 11 is 0. The molecule has 0 spiro atoms. The summed E-state index contributed by atoms with van der Waals surface area (Å²) in [5.74, 6) is -0.0191. The van der Waals surface area contributed by atoms with E-state index in [4.69, 9.17) is 9.47 Å². The van der Waals surface area contributed by atoms with Gasteiger partial charge in [-0.05, 0) is 18.1 Å². The van der Waals surface area contributed by atoms with Gasteiger partial charge >= 0.3 is 0 Å². The zero-order valence-electron chi connectivity index (χ0n) is 11.3. The number of rotatable bonds is 7. The second kappa shape index (κ2) is 7.84. The van der Waals surface area contributed by atoms with Crippen LogP contribution in [0.1, 0.15) is 11.1 Å². The van der Waals surface area contributed by atoms with E-state index in [2.05, 4.69) is 0 Å². The van der Waals surface area contributed by atoms with Crippen molar-refractivity contribution in [2.24, 2.45) is 0 Å². The molecule has 0 bridgehead atoms. The topological polar surface area (TPSA) is 38.8 Å². The average Bonchev–Trinajstić information content (AvgIpc) is 2.37. The Morgan fingerprint density at radius 3 is 2.67 bits per heavy atom. The Morgan fingerprint density at radius 1 is 1.28 bits per heavy atom. The summed E-state index contributed by atoms with van der Waals surface area (Å²) in [6, 6.07) is 8.05. The fourth-order valence-corrected chi connectivity index (χ4v) is 1.54. The fraction of sp³-hybridized carbons (Fsp3) is 0.500. The number of carbonyl (C=O) groups excluding carboxylic acids is 1. The zero-order valence-corrected chi connectivity index (χ0v) is 11.3. The predicted molar refractivity (Wildman–Crippen MR) is 70.3 cm³/mol. The van der Waals surface area contributed by atoms with Gasteiger partial charge in [0.05, 0.1) is 13.2 Å². The van der Waals surface area contributed by atoms with Crippen LogP contribution in [0.3, 0.4) is 0 Å². The Balaban J connectivity index is 2.38. The van der Waals surface area contributed by atoms with Crippen molar-refractivity contribution < 1.29 is 14.3 Å². The van der Waals surface area contributed by atoms with Gasteiger partial charge in [0.15, 0.2) is 0 Å². The molecule has 0 aliphatic heterocycles. The molecule has 0 heterocycles. The van der Waals surface area contributed by atoms with Gasteiger partial charge in [0.1, 0.15) is 6.61 Å². The van der Waals surface area contributed by atoms with Gasteiger partial charge in [-0.3, -0.25) is 4.79 Å². The normalized spacial score (nSPS) is 10.4. The highest BCUT2D eigenvalue weighted by Gasteiger charge is 2.10. The van der Waals surface area contributed by atoms with Gasteiger partial charge in [-0.1, -0.05) is 24.3 Å². The molecule has 100 valence electrons. The Kier molecular flexibility index (Phi) is 6.39. The molecule has 0 aliphatic rings. The number of hydrogen-bond donors (Lipinski definition) is 0. The minimum absolute atomic E-state index is 0.0191. The van der Waals surface area contributed by atoms with Gasteiger partial charge in [-0.25, -0.2) is 0 Å². The quantitative estimate of drug-likeness (QED) is 0.691. The van der Waals surface area contributed by atoms with Crippen LogP contribution < -0.4 is 0 Å². The summed E-state index contributed by atoms with van der Waals surface area (Å²) in [5.41, 5.74) is 2.35. The number of nitrogens with zero attached hydrogens (tertiary/aromatic N) is 1. The number of ether oxygens (including phenoxy) is 2. The van der Waals surface area contributed by atoms with Crippen molar-refractivity contribution in [2.45, 2.75) is 13.5 Å². The van der Waals surface area contributed by atoms with Crippen molar-refractivity contribution in [1.29, 1.82) is 0 Å². The van der Waals surface area contributed by atoms with E-state index in [1.165, 1.54) is 5.56 Å².